The molecule has 7 heteroatoms. The minimum absolute atomic E-state index is 0.0338. The number of amides is 1. The molecule has 0 saturated carbocycles. The van der Waals surface area contributed by atoms with E-state index in [9.17, 15) is 4.79 Å². The highest BCUT2D eigenvalue weighted by atomic mass is 32.1. The molecule has 0 spiro atoms. The van der Waals surface area contributed by atoms with Gasteiger partial charge in [0.2, 0.25) is 0 Å². The number of nitrogens with one attached hydrogen (secondary N) is 1. The third kappa shape index (κ3) is 3.91. The van der Waals surface area contributed by atoms with Gasteiger partial charge >= 0.3 is 0 Å². The van der Waals surface area contributed by atoms with E-state index in [1.165, 1.54) is 16.4 Å². The molecular weight excluding hydrogens is 316 g/mol. The van der Waals surface area contributed by atoms with Crippen LogP contribution in [0, 0.1) is 12.8 Å². The van der Waals surface area contributed by atoms with Crippen LogP contribution in [0.3, 0.4) is 0 Å². The summed E-state index contributed by atoms with van der Waals surface area (Å²) in [6.07, 6.45) is 2.29. The summed E-state index contributed by atoms with van der Waals surface area (Å²) in [6, 6.07) is 4.31. The lowest BCUT2D eigenvalue weighted by atomic mass is 9.96. The molecule has 0 atom stereocenters. The Bertz CT molecular complexity index is 603. The zero-order valence-corrected chi connectivity index (χ0v) is 14.3. The van der Waals surface area contributed by atoms with Gasteiger partial charge < -0.3 is 5.32 Å². The maximum absolute atomic E-state index is 12.1. The summed E-state index contributed by atoms with van der Waals surface area (Å²) in [7, 11) is 0. The minimum atomic E-state index is -0.0338. The van der Waals surface area contributed by atoms with Crippen LogP contribution in [0.1, 0.15) is 33.1 Å². The predicted molar refractivity (Wildman–Crippen MR) is 89.3 cm³/mol. The first-order valence-electron chi connectivity index (χ1n) is 7.54. The van der Waals surface area contributed by atoms with E-state index in [1.807, 2.05) is 18.3 Å². The second-order valence-corrected chi connectivity index (χ2v) is 7.48. The Hall–Kier alpha value is -1.31. The van der Waals surface area contributed by atoms with Crippen LogP contribution in [0.4, 0.5) is 0 Å². The van der Waals surface area contributed by atoms with Gasteiger partial charge in [0.05, 0.1) is 5.69 Å². The van der Waals surface area contributed by atoms with Gasteiger partial charge in [0, 0.05) is 18.0 Å². The Morgan fingerprint density at radius 3 is 2.91 bits per heavy atom. The van der Waals surface area contributed by atoms with Crippen molar-refractivity contribution in [3.8, 4) is 0 Å². The second kappa shape index (κ2) is 7.30. The van der Waals surface area contributed by atoms with E-state index in [2.05, 4.69) is 37.3 Å². The molecule has 1 saturated heterocycles. The summed E-state index contributed by atoms with van der Waals surface area (Å²) in [5.41, 5.74) is 0.716. The quantitative estimate of drug-likeness (QED) is 0.912. The number of hydrogen-bond acceptors (Lipinski definition) is 6. The molecule has 2 aromatic rings. The Labute approximate surface area is 138 Å². The number of rotatable bonds is 5. The highest BCUT2D eigenvalue weighted by molar-refractivity contribution is 7.09. The number of aryl methyl sites for hydroxylation is 1. The zero-order chi connectivity index (χ0) is 15.4. The van der Waals surface area contributed by atoms with Gasteiger partial charge in [-0.3, -0.25) is 9.69 Å². The van der Waals surface area contributed by atoms with Crippen molar-refractivity contribution < 1.29 is 4.79 Å². The molecule has 1 aliphatic rings. The lowest BCUT2D eigenvalue weighted by Crippen LogP contribution is -2.38. The van der Waals surface area contributed by atoms with Gasteiger partial charge in [-0.2, -0.15) is 0 Å². The predicted octanol–water partition coefficient (Wildman–Crippen LogP) is 2.55. The van der Waals surface area contributed by atoms with Crippen molar-refractivity contribution in [3.63, 3.8) is 0 Å². The molecule has 22 heavy (non-hydrogen) atoms. The molecule has 1 N–H and O–H groups in total. The van der Waals surface area contributed by atoms with Gasteiger partial charge in [-0.15, -0.1) is 16.4 Å². The van der Waals surface area contributed by atoms with E-state index in [0.29, 0.717) is 16.5 Å². The molecule has 3 heterocycles. The largest absolute Gasteiger partial charge is 0.351 e. The van der Waals surface area contributed by atoms with Crippen molar-refractivity contribution in [3.05, 3.63) is 33.0 Å². The molecule has 5 nitrogen and oxygen atoms in total. The molecular formula is C15H20N4OS2. The maximum atomic E-state index is 12.1. The molecule has 1 fully saturated rings. The zero-order valence-electron chi connectivity index (χ0n) is 12.6. The summed E-state index contributed by atoms with van der Waals surface area (Å²) >= 11 is 2.99. The molecule has 3 rings (SSSR count). The summed E-state index contributed by atoms with van der Waals surface area (Å²) in [4.78, 5) is 16.6. The fraction of sp³-hybridized carbons (Fsp3) is 0.533. The normalized spacial score (nSPS) is 16.8. The molecule has 0 aliphatic carbocycles. The third-order valence-corrected chi connectivity index (χ3v) is 5.76. The molecule has 118 valence electrons. The smallest absolute Gasteiger partial charge is 0.264 e. The summed E-state index contributed by atoms with van der Waals surface area (Å²) in [5.74, 6) is 0.540. The standard InChI is InChI=1S/C15H20N4OS2/c1-11-14(22-18-17-11)15(20)16-9-12-4-6-19(7-5-12)10-13-3-2-8-21-13/h2-3,8,12H,4-7,9-10H2,1H3,(H,16,20). The third-order valence-electron chi connectivity index (χ3n) is 4.08. The van der Waals surface area contributed by atoms with Crippen molar-refractivity contribution in [2.24, 2.45) is 5.92 Å². The number of likely N-dealkylation sites (tertiary alicyclic amines) is 1. The van der Waals surface area contributed by atoms with E-state index >= 15 is 0 Å². The molecule has 1 aliphatic heterocycles. The fourth-order valence-corrected chi connectivity index (χ4v) is 4.05. The number of piperidine rings is 1. The summed E-state index contributed by atoms with van der Waals surface area (Å²) < 4.78 is 3.81. The van der Waals surface area contributed by atoms with Crippen molar-refractivity contribution in [2.45, 2.75) is 26.3 Å². The number of carbonyl (C=O) groups excluding carboxylic acids is 1. The Balaban J connectivity index is 1.40. The van der Waals surface area contributed by atoms with E-state index < -0.39 is 0 Å². The average molecular weight is 336 g/mol. The van der Waals surface area contributed by atoms with Gasteiger partial charge in [0.25, 0.3) is 5.91 Å². The highest BCUT2D eigenvalue weighted by Crippen LogP contribution is 2.20. The first-order chi connectivity index (χ1) is 10.7. The number of nitrogens with zero attached hydrogens (tertiary/aromatic N) is 3. The van der Waals surface area contributed by atoms with Crippen LogP contribution in [0.15, 0.2) is 17.5 Å². The van der Waals surface area contributed by atoms with Crippen molar-refractivity contribution >= 4 is 28.8 Å². The number of carbonyl (C=O) groups is 1. The van der Waals surface area contributed by atoms with E-state index in [-0.39, 0.29) is 5.91 Å². The van der Waals surface area contributed by atoms with E-state index in [1.54, 1.807) is 0 Å². The van der Waals surface area contributed by atoms with Crippen molar-refractivity contribution in [2.75, 3.05) is 19.6 Å². The van der Waals surface area contributed by atoms with Crippen LogP contribution >= 0.6 is 22.9 Å². The average Bonchev–Trinajstić information content (AvgIpc) is 3.18. The van der Waals surface area contributed by atoms with E-state index in [0.717, 1.165) is 39.0 Å². The summed E-state index contributed by atoms with van der Waals surface area (Å²) in [6.45, 7) is 5.85. The summed E-state index contributed by atoms with van der Waals surface area (Å²) in [5, 5.41) is 9.04. The fourth-order valence-electron chi connectivity index (χ4n) is 2.73. The molecule has 1 amide bonds. The Morgan fingerprint density at radius 2 is 2.27 bits per heavy atom. The second-order valence-electron chi connectivity index (χ2n) is 5.70. The minimum Gasteiger partial charge on any atom is -0.351 e. The number of hydrogen-bond donors (Lipinski definition) is 1. The maximum Gasteiger partial charge on any atom is 0.264 e. The van der Waals surface area contributed by atoms with Crippen LogP contribution in [-0.4, -0.2) is 40.0 Å². The van der Waals surface area contributed by atoms with Gasteiger partial charge in [0.1, 0.15) is 4.88 Å². The van der Waals surface area contributed by atoms with Gasteiger partial charge in [0.15, 0.2) is 0 Å². The SMILES string of the molecule is Cc1nnsc1C(=O)NCC1CCN(Cc2cccs2)CC1. The lowest BCUT2D eigenvalue weighted by Gasteiger charge is -2.31. The van der Waals surface area contributed by atoms with E-state index in [4.69, 9.17) is 0 Å². The Morgan fingerprint density at radius 1 is 1.45 bits per heavy atom. The van der Waals surface area contributed by atoms with Gasteiger partial charge in [-0.1, -0.05) is 10.6 Å². The van der Waals surface area contributed by atoms with Crippen LogP contribution in [0.25, 0.3) is 0 Å². The van der Waals surface area contributed by atoms with Crippen molar-refractivity contribution in [1.82, 2.24) is 19.8 Å². The topological polar surface area (TPSA) is 58.1 Å². The first-order valence-corrected chi connectivity index (χ1v) is 9.19. The van der Waals surface area contributed by atoms with Gasteiger partial charge in [-0.25, -0.2) is 0 Å². The lowest BCUT2D eigenvalue weighted by molar-refractivity contribution is 0.0938. The van der Waals surface area contributed by atoms with Gasteiger partial charge in [-0.05, 0) is 61.8 Å². The molecule has 0 bridgehead atoms. The van der Waals surface area contributed by atoms with Crippen molar-refractivity contribution in [1.29, 1.82) is 0 Å². The molecule has 2 aromatic heterocycles. The number of thiophene rings is 1. The number of aromatic nitrogens is 2. The molecule has 0 unspecified atom stereocenters. The molecule has 0 aromatic carbocycles. The monoisotopic (exact) mass is 336 g/mol. The van der Waals surface area contributed by atoms with Crippen LogP contribution in [-0.2, 0) is 6.54 Å². The van der Waals surface area contributed by atoms with Crippen LogP contribution in [0.2, 0.25) is 0 Å². The molecule has 0 radical (unpaired) electrons. The highest BCUT2D eigenvalue weighted by Gasteiger charge is 2.21. The Kier molecular flexibility index (Phi) is 5.17. The van der Waals surface area contributed by atoms with Crippen LogP contribution in [0.5, 0.6) is 0 Å². The van der Waals surface area contributed by atoms with Crippen LogP contribution < -0.4 is 5.32 Å². The first kappa shape index (κ1) is 15.6.